The molecule has 5 nitrogen and oxygen atoms in total. The molecule has 5 rings (SSSR count). The van der Waals surface area contributed by atoms with E-state index in [1.54, 1.807) is 12.4 Å². The highest BCUT2D eigenvalue weighted by atomic mass is 35.5. The fourth-order valence-electron chi connectivity index (χ4n) is 4.07. The van der Waals surface area contributed by atoms with Crippen molar-refractivity contribution in [2.24, 2.45) is 0 Å². The largest absolute Gasteiger partial charge is 0.367 e. The monoisotopic (exact) mass is 416 g/mol. The van der Waals surface area contributed by atoms with Crippen LogP contribution in [0.2, 0.25) is 5.02 Å². The third-order valence-corrected chi connectivity index (χ3v) is 5.78. The van der Waals surface area contributed by atoms with E-state index in [9.17, 15) is 4.79 Å². The zero-order chi connectivity index (χ0) is 20.5. The number of halogens is 1. The highest BCUT2D eigenvalue weighted by Crippen LogP contribution is 2.27. The van der Waals surface area contributed by atoms with Crippen molar-refractivity contribution in [3.05, 3.63) is 83.6 Å². The molecule has 150 valence electrons. The number of fused-ring (bicyclic) bond motifs is 1. The number of hydrogen-bond acceptors (Lipinski definition) is 3. The Hall–Kier alpha value is -3.31. The summed E-state index contributed by atoms with van der Waals surface area (Å²) in [6.07, 6.45) is 4.43. The van der Waals surface area contributed by atoms with Crippen molar-refractivity contribution >= 4 is 34.2 Å². The van der Waals surface area contributed by atoms with Crippen LogP contribution >= 0.6 is 11.6 Å². The second kappa shape index (κ2) is 7.84. The molecule has 2 aromatic heterocycles. The Morgan fingerprint density at radius 2 is 2.03 bits per heavy atom. The van der Waals surface area contributed by atoms with Gasteiger partial charge in [0.05, 0.1) is 0 Å². The topological polar surface area (TPSA) is 61.0 Å². The molecule has 4 aromatic rings. The number of benzene rings is 2. The van der Waals surface area contributed by atoms with Gasteiger partial charge in [0, 0.05) is 58.6 Å². The van der Waals surface area contributed by atoms with Crippen molar-refractivity contribution in [1.29, 1.82) is 0 Å². The second-order valence-corrected chi connectivity index (χ2v) is 8.02. The first-order chi connectivity index (χ1) is 14.7. The fourth-order valence-corrected chi connectivity index (χ4v) is 4.25. The molecule has 0 aliphatic carbocycles. The number of aromatic amines is 1. The molecule has 1 aliphatic heterocycles. The molecule has 1 amide bonds. The zero-order valence-electron chi connectivity index (χ0n) is 16.3. The molecule has 1 saturated heterocycles. The summed E-state index contributed by atoms with van der Waals surface area (Å²) < 4.78 is 0. The van der Waals surface area contributed by atoms with Crippen LogP contribution in [-0.2, 0) is 0 Å². The summed E-state index contributed by atoms with van der Waals surface area (Å²) in [6.45, 7) is 1.39. The van der Waals surface area contributed by atoms with Crippen LogP contribution in [0.4, 0.5) is 5.82 Å². The number of nitrogens with one attached hydrogen (secondary N) is 2. The van der Waals surface area contributed by atoms with Gasteiger partial charge < -0.3 is 15.2 Å². The Morgan fingerprint density at radius 1 is 1.13 bits per heavy atom. The molecule has 1 aliphatic rings. The zero-order valence-corrected chi connectivity index (χ0v) is 17.1. The van der Waals surface area contributed by atoms with Gasteiger partial charge in [-0.1, -0.05) is 41.9 Å². The first kappa shape index (κ1) is 18.7. The number of carbonyl (C=O) groups excluding carboxylic acids is 1. The summed E-state index contributed by atoms with van der Waals surface area (Å²) in [4.78, 5) is 22.8. The number of hydrogen-bond donors (Lipinski definition) is 2. The van der Waals surface area contributed by atoms with E-state index in [0.717, 1.165) is 40.8 Å². The van der Waals surface area contributed by atoms with Crippen molar-refractivity contribution in [3.63, 3.8) is 0 Å². The molecule has 0 unspecified atom stereocenters. The third kappa shape index (κ3) is 3.64. The Bertz CT molecular complexity index is 1200. The van der Waals surface area contributed by atoms with E-state index in [0.29, 0.717) is 17.1 Å². The van der Waals surface area contributed by atoms with E-state index >= 15 is 0 Å². The fraction of sp³-hybridized carbons (Fsp3) is 0.167. The van der Waals surface area contributed by atoms with Gasteiger partial charge in [-0.15, -0.1) is 0 Å². The van der Waals surface area contributed by atoms with Crippen LogP contribution in [-0.4, -0.2) is 39.9 Å². The lowest BCUT2D eigenvalue weighted by atomic mass is 10.0. The van der Waals surface area contributed by atoms with E-state index in [2.05, 4.69) is 21.4 Å². The summed E-state index contributed by atoms with van der Waals surface area (Å²) in [7, 11) is 0. The smallest absolute Gasteiger partial charge is 0.254 e. The summed E-state index contributed by atoms with van der Waals surface area (Å²) in [5.41, 5.74) is 3.58. The molecule has 1 fully saturated rings. The van der Waals surface area contributed by atoms with E-state index in [1.165, 1.54) is 0 Å². The molecular formula is C24H21ClN4O. The molecule has 0 saturated carbocycles. The van der Waals surface area contributed by atoms with Crippen LogP contribution in [0, 0.1) is 0 Å². The highest BCUT2D eigenvalue weighted by Gasteiger charge is 2.28. The molecule has 30 heavy (non-hydrogen) atoms. The summed E-state index contributed by atoms with van der Waals surface area (Å²) in [5.74, 6) is 1.00. The second-order valence-electron chi connectivity index (χ2n) is 7.58. The number of aromatic nitrogens is 2. The molecule has 2 N–H and O–H groups in total. The lowest BCUT2D eigenvalue weighted by Gasteiger charge is -2.19. The first-order valence-electron chi connectivity index (χ1n) is 10.0. The standard InChI is InChI=1S/C24H21ClN4O/c25-18-8-7-16-12-23(28-22(16)13-18)27-19-9-11-29(15-19)24(30)21-6-2-1-5-20(21)17-4-3-10-26-14-17/h1-8,10,12-14,19,27-28H,9,11,15H2/t19-/m1/s1. The van der Waals surface area contributed by atoms with E-state index in [1.807, 2.05) is 59.5 Å². The average Bonchev–Trinajstić information content (AvgIpc) is 3.40. The summed E-state index contributed by atoms with van der Waals surface area (Å²) in [5, 5.41) is 5.35. The van der Waals surface area contributed by atoms with Crippen LogP contribution in [0.25, 0.3) is 22.0 Å². The number of amides is 1. The summed E-state index contributed by atoms with van der Waals surface area (Å²) in [6, 6.07) is 19.7. The van der Waals surface area contributed by atoms with Crippen molar-refractivity contribution in [1.82, 2.24) is 14.9 Å². The van der Waals surface area contributed by atoms with Gasteiger partial charge in [0.1, 0.15) is 5.82 Å². The lowest BCUT2D eigenvalue weighted by molar-refractivity contribution is 0.0792. The van der Waals surface area contributed by atoms with E-state index < -0.39 is 0 Å². The number of nitrogens with zero attached hydrogens (tertiary/aromatic N) is 2. The Kier molecular flexibility index (Phi) is 4.89. The molecule has 0 spiro atoms. The summed E-state index contributed by atoms with van der Waals surface area (Å²) >= 11 is 6.08. The highest BCUT2D eigenvalue weighted by molar-refractivity contribution is 6.31. The molecular weight excluding hydrogens is 396 g/mol. The number of H-pyrrole nitrogens is 1. The first-order valence-corrected chi connectivity index (χ1v) is 10.4. The van der Waals surface area contributed by atoms with Crippen LogP contribution in [0.3, 0.4) is 0 Å². The Balaban J connectivity index is 1.32. The van der Waals surface area contributed by atoms with Gasteiger partial charge in [0.15, 0.2) is 0 Å². The lowest BCUT2D eigenvalue weighted by Crippen LogP contribution is -2.32. The maximum atomic E-state index is 13.3. The number of rotatable bonds is 4. The number of anilines is 1. The molecule has 6 heteroatoms. The molecule has 2 aromatic carbocycles. The number of pyridine rings is 1. The third-order valence-electron chi connectivity index (χ3n) is 5.55. The SMILES string of the molecule is O=C(c1ccccc1-c1cccnc1)N1CC[C@@H](Nc2cc3ccc(Cl)cc3[nH]2)C1. The minimum Gasteiger partial charge on any atom is -0.367 e. The average molecular weight is 417 g/mol. The van der Waals surface area contributed by atoms with Crippen LogP contribution in [0.1, 0.15) is 16.8 Å². The maximum absolute atomic E-state index is 13.3. The van der Waals surface area contributed by atoms with Crippen molar-refractivity contribution < 1.29 is 4.79 Å². The van der Waals surface area contributed by atoms with Gasteiger partial charge in [-0.2, -0.15) is 0 Å². The molecule has 0 radical (unpaired) electrons. The van der Waals surface area contributed by atoms with Gasteiger partial charge in [-0.25, -0.2) is 0 Å². The minimum atomic E-state index is 0.0576. The number of carbonyl (C=O) groups is 1. The van der Waals surface area contributed by atoms with Crippen molar-refractivity contribution in [2.45, 2.75) is 12.5 Å². The van der Waals surface area contributed by atoms with Gasteiger partial charge in [-0.3, -0.25) is 9.78 Å². The van der Waals surface area contributed by atoms with Crippen LogP contribution in [0.15, 0.2) is 73.1 Å². The maximum Gasteiger partial charge on any atom is 0.254 e. The Labute approximate surface area is 179 Å². The Morgan fingerprint density at radius 3 is 2.90 bits per heavy atom. The molecule has 3 heterocycles. The van der Waals surface area contributed by atoms with Crippen molar-refractivity contribution in [2.75, 3.05) is 18.4 Å². The molecule has 1 atom stereocenters. The molecule has 0 bridgehead atoms. The predicted molar refractivity (Wildman–Crippen MR) is 121 cm³/mol. The van der Waals surface area contributed by atoms with Gasteiger partial charge >= 0.3 is 0 Å². The predicted octanol–water partition coefficient (Wildman–Crippen LogP) is 5.21. The van der Waals surface area contributed by atoms with Crippen LogP contribution in [0.5, 0.6) is 0 Å². The van der Waals surface area contributed by atoms with E-state index in [4.69, 9.17) is 11.6 Å². The van der Waals surface area contributed by atoms with Gasteiger partial charge in [-0.05, 0) is 42.3 Å². The van der Waals surface area contributed by atoms with Crippen molar-refractivity contribution in [3.8, 4) is 11.1 Å². The van der Waals surface area contributed by atoms with Gasteiger partial charge in [0.2, 0.25) is 0 Å². The van der Waals surface area contributed by atoms with Crippen LogP contribution < -0.4 is 5.32 Å². The van der Waals surface area contributed by atoms with E-state index in [-0.39, 0.29) is 11.9 Å². The normalized spacial score (nSPS) is 16.2. The minimum absolute atomic E-state index is 0.0576. The number of likely N-dealkylation sites (tertiary alicyclic amines) is 1. The quantitative estimate of drug-likeness (QED) is 0.480. The van der Waals surface area contributed by atoms with Gasteiger partial charge in [0.25, 0.3) is 5.91 Å².